The normalized spacial score (nSPS) is 21.4. The van der Waals surface area contributed by atoms with Gasteiger partial charge >= 0.3 is 0 Å². The van der Waals surface area contributed by atoms with Crippen LogP contribution in [0, 0.1) is 5.92 Å². The van der Waals surface area contributed by atoms with Crippen LogP contribution in [0.4, 0.5) is 5.13 Å². The van der Waals surface area contributed by atoms with Crippen LogP contribution >= 0.6 is 22.9 Å². The van der Waals surface area contributed by atoms with Crippen molar-refractivity contribution in [2.75, 3.05) is 24.6 Å². The molecule has 23 heavy (non-hydrogen) atoms. The van der Waals surface area contributed by atoms with Gasteiger partial charge in [-0.25, -0.2) is 4.98 Å². The fourth-order valence-corrected chi connectivity index (χ4v) is 4.12. The third kappa shape index (κ3) is 3.58. The molecule has 0 radical (unpaired) electrons. The standard InChI is InChI=1S/C16H19ClN4OS/c17-13-4-1-7-18-14(13)22-10-11-3-2-8-21(9-11)16-20-19-15(23-16)12-5-6-12/h1,4,7,11-12H,2-3,5-6,8-10H2. The van der Waals surface area contributed by atoms with E-state index in [9.17, 15) is 0 Å². The predicted octanol–water partition coefficient (Wildman–Crippen LogP) is 3.76. The van der Waals surface area contributed by atoms with Crippen molar-refractivity contribution >= 4 is 28.1 Å². The van der Waals surface area contributed by atoms with Crippen LogP contribution in [-0.2, 0) is 0 Å². The molecule has 122 valence electrons. The van der Waals surface area contributed by atoms with Crippen molar-refractivity contribution in [1.82, 2.24) is 15.2 Å². The molecule has 0 aromatic carbocycles. The summed E-state index contributed by atoms with van der Waals surface area (Å²) in [6.07, 6.45) is 6.57. The Balaban J connectivity index is 1.35. The van der Waals surface area contributed by atoms with Crippen molar-refractivity contribution in [3.05, 3.63) is 28.4 Å². The first-order valence-electron chi connectivity index (χ1n) is 8.11. The van der Waals surface area contributed by atoms with E-state index in [-0.39, 0.29) is 0 Å². The topological polar surface area (TPSA) is 51.1 Å². The summed E-state index contributed by atoms with van der Waals surface area (Å²) in [5.74, 6) is 1.67. The highest BCUT2D eigenvalue weighted by Crippen LogP contribution is 2.43. The summed E-state index contributed by atoms with van der Waals surface area (Å²) >= 11 is 7.85. The first-order chi connectivity index (χ1) is 11.3. The zero-order chi connectivity index (χ0) is 15.6. The lowest BCUT2D eigenvalue weighted by Crippen LogP contribution is -2.37. The van der Waals surface area contributed by atoms with E-state index in [1.807, 2.05) is 6.07 Å². The lowest BCUT2D eigenvalue weighted by Gasteiger charge is -2.31. The van der Waals surface area contributed by atoms with E-state index in [2.05, 4.69) is 20.1 Å². The number of ether oxygens (including phenoxy) is 1. The van der Waals surface area contributed by atoms with Gasteiger partial charge in [-0.15, -0.1) is 10.2 Å². The van der Waals surface area contributed by atoms with Gasteiger partial charge in [-0.1, -0.05) is 22.9 Å². The van der Waals surface area contributed by atoms with Crippen LogP contribution in [0.15, 0.2) is 18.3 Å². The second-order valence-corrected chi connectivity index (χ2v) is 7.65. The lowest BCUT2D eigenvalue weighted by molar-refractivity contribution is 0.222. The molecule has 2 fully saturated rings. The molecule has 1 aliphatic heterocycles. The van der Waals surface area contributed by atoms with E-state index in [0.717, 1.165) is 31.1 Å². The van der Waals surface area contributed by atoms with Gasteiger partial charge in [0.1, 0.15) is 10.0 Å². The number of halogens is 1. The Bertz CT molecular complexity index is 676. The Labute approximate surface area is 144 Å². The van der Waals surface area contributed by atoms with Crippen LogP contribution in [0.5, 0.6) is 5.88 Å². The summed E-state index contributed by atoms with van der Waals surface area (Å²) in [5, 5.41) is 11.6. The molecule has 3 heterocycles. The molecule has 1 saturated heterocycles. The molecule has 0 N–H and O–H groups in total. The number of pyridine rings is 1. The molecule has 2 aliphatic rings. The molecule has 4 rings (SSSR count). The Morgan fingerprint density at radius 2 is 2.22 bits per heavy atom. The van der Waals surface area contributed by atoms with Crippen molar-refractivity contribution in [2.45, 2.75) is 31.6 Å². The zero-order valence-corrected chi connectivity index (χ0v) is 14.4. The van der Waals surface area contributed by atoms with E-state index in [0.29, 0.717) is 29.3 Å². The van der Waals surface area contributed by atoms with Gasteiger partial charge in [-0.05, 0) is 37.8 Å². The first-order valence-corrected chi connectivity index (χ1v) is 9.30. The van der Waals surface area contributed by atoms with Gasteiger partial charge in [0.05, 0.1) is 6.61 Å². The second kappa shape index (κ2) is 6.61. The Morgan fingerprint density at radius 3 is 3.04 bits per heavy atom. The average molecular weight is 351 g/mol. The molecule has 0 amide bonds. The molecule has 0 spiro atoms. The quantitative estimate of drug-likeness (QED) is 0.821. The molecular weight excluding hydrogens is 332 g/mol. The van der Waals surface area contributed by atoms with E-state index < -0.39 is 0 Å². The number of rotatable bonds is 5. The molecule has 1 atom stereocenters. The molecule has 7 heteroatoms. The van der Waals surface area contributed by atoms with Crippen molar-refractivity contribution in [1.29, 1.82) is 0 Å². The van der Waals surface area contributed by atoms with Gasteiger partial charge in [0.25, 0.3) is 0 Å². The van der Waals surface area contributed by atoms with Gasteiger partial charge in [-0.3, -0.25) is 0 Å². The minimum absolute atomic E-state index is 0.468. The molecule has 1 saturated carbocycles. The Morgan fingerprint density at radius 1 is 1.30 bits per heavy atom. The fraction of sp³-hybridized carbons (Fsp3) is 0.562. The van der Waals surface area contributed by atoms with Crippen molar-refractivity contribution in [2.24, 2.45) is 5.92 Å². The van der Waals surface area contributed by atoms with E-state index in [1.54, 1.807) is 23.6 Å². The van der Waals surface area contributed by atoms with Crippen LogP contribution in [0.2, 0.25) is 5.02 Å². The predicted molar refractivity (Wildman–Crippen MR) is 91.6 cm³/mol. The third-order valence-electron chi connectivity index (χ3n) is 4.33. The number of hydrogen-bond acceptors (Lipinski definition) is 6. The second-order valence-electron chi connectivity index (χ2n) is 6.25. The summed E-state index contributed by atoms with van der Waals surface area (Å²) < 4.78 is 5.81. The number of anilines is 1. The van der Waals surface area contributed by atoms with Crippen LogP contribution in [0.3, 0.4) is 0 Å². The molecule has 2 aromatic rings. The average Bonchev–Trinajstić information content (AvgIpc) is 3.31. The summed E-state index contributed by atoms with van der Waals surface area (Å²) in [6, 6.07) is 3.61. The highest BCUT2D eigenvalue weighted by molar-refractivity contribution is 7.15. The number of piperidine rings is 1. The van der Waals surface area contributed by atoms with E-state index in [4.69, 9.17) is 16.3 Å². The molecule has 2 aromatic heterocycles. The Kier molecular flexibility index (Phi) is 4.35. The minimum Gasteiger partial charge on any atom is -0.476 e. The zero-order valence-electron chi connectivity index (χ0n) is 12.8. The minimum atomic E-state index is 0.468. The van der Waals surface area contributed by atoms with E-state index in [1.165, 1.54) is 17.8 Å². The van der Waals surface area contributed by atoms with Crippen LogP contribution < -0.4 is 9.64 Å². The maximum absolute atomic E-state index is 6.09. The van der Waals surface area contributed by atoms with Gasteiger partial charge in [0.2, 0.25) is 11.0 Å². The monoisotopic (exact) mass is 350 g/mol. The summed E-state index contributed by atoms with van der Waals surface area (Å²) in [7, 11) is 0. The van der Waals surface area contributed by atoms with Gasteiger partial charge in [-0.2, -0.15) is 0 Å². The maximum atomic E-state index is 6.09. The maximum Gasteiger partial charge on any atom is 0.232 e. The molecule has 1 aliphatic carbocycles. The number of nitrogens with zero attached hydrogens (tertiary/aromatic N) is 4. The van der Waals surface area contributed by atoms with Crippen LogP contribution in [0.1, 0.15) is 36.6 Å². The third-order valence-corrected chi connectivity index (χ3v) is 5.76. The van der Waals surface area contributed by atoms with Crippen LogP contribution in [0.25, 0.3) is 0 Å². The van der Waals surface area contributed by atoms with Gasteiger partial charge < -0.3 is 9.64 Å². The fourth-order valence-electron chi connectivity index (χ4n) is 2.90. The summed E-state index contributed by atoms with van der Waals surface area (Å²) in [6.45, 7) is 2.66. The van der Waals surface area contributed by atoms with E-state index >= 15 is 0 Å². The summed E-state index contributed by atoms with van der Waals surface area (Å²) in [4.78, 5) is 6.53. The Hall–Kier alpha value is -1.40. The van der Waals surface area contributed by atoms with Crippen molar-refractivity contribution in [3.63, 3.8) is 0 Å². The molecule has 5 nitrogen and oxygen atoms in total. The first kappa shape index (κ1) is 15.1. The molecule has 1 unspecified atom stereocenters. The number of aromatic nitrogens is 3. The van der Waals surface area contributed by atoms with Gasteiger partial charge in [0, 0.05) is 31.1 Å². The molecular formula is C16H19ClN4OS. The summed E-state index contributed by atoms with van der Waals surface area (Å²) in [5.41, 5.74) is 0. The van der Waals surface area contributed by atoms with Gasteiger partial charge in [0.15, 0.2) is 0 Å². The van der Waals surface area contributed by atoms with Crippen molar-refractivity contribution in [3.8, 4) is 5.88 Å². The highest BCUT2D eigenvalue weighted by atomic mass is 35.5. The van der Waals surface area contributed by atoms with Crippen LogP contribution in [-0.4, -0.2) is 34.9 Å². The largest absolute Gasteiger partial charge is 0.476 e. The smallest absolute Gasteiger partial charge is 0.232 e. The van der Waals surface area contributed by atoms with Crippen molar-refractivity contribution < 1.29 is 4.74 Å². The highest BCUT2D eigenvalue weighted by Gasteiger charge is 2.29. The SMILES string of the molecule is Clc1cccnc1OCC1CCCN(c2nnc(C3CC3)s2)C1. The lowest BCUT2D eigenvalue weighted by atomic mass is 9.99. The number of hydrogen-bond donors (Lipinski definition) is 0. The molecule has 0 bridgehead atoms.